The molecule has 0 radical (unpaired) electrons. The van der Waals surface area contributed by atoms with Crippen LogP contribution >= 0.6 is 0 Å². The number of morpholine rings is 1. The van der Waals surface area contributed by atoms with Crippen LogP contribution in [0.15, 0.2) is 24.3 Å². The number of carbonyl (C=O) groups excluding carboxylic acids is 1. The van der Waals surface area contributed by atoms with Gasteiger partial charge in [-0.15, -0.1) is 0 Å². The smallest absolute Gasteiger partial charge is 0.224 e. The van der Waals surface area contributed by atoms with E-state index < -0.39 is 0 Å². The Morgan fingerprint density at radius 3 is 2.67 bits per heavy atom. The third-order valence-corrected chi connectivity index (χ3v) is 3.77. The first-order valence-electron chi connectivity index (χ1n) is 7.63. The maximum Gasteiger partial charge on any atom is 0.224 e. The van der Waals surface area contributed by atoms with E-state index in [1.54, 1.807) is 0 Å². The zero-order valence-electron chi connectivity index (χ0n) is 12.5. The molecule has 1 fully saturated rings. The highest BCUT2D eigenvalue weighted by atomic mass is 16.5. The maximum absolute atomic E-state index is 11.9. The lowest BCUT2D eigenvalue weighted by molar-refractivity contribution is -0.120. The lowest BCUT2D eigenvalue weighted by Gasteiger charge is -2.26. The summed E-state index contributed by atoms with van der Waals surface area (Å²) in [5.74, 6) is 0.0675. The van der Waals surface area contributed by atoms with Crippen molar-refractivity contribution in [1.82, 2.24) is 10.2 Å². The second kappa shape index (κ2) is 8.77. The summed E-state index contributed by atoms with van der Waals surface area (Å²) in [5.41, 5.74) is 7.74. The third kappa shape index (κ3) is 5.46. The van der Waals surface area contributed by atoms with Crippen molar-refractivity contribution in [3.05, 3.63) is 35.4 Å². The predicted molar refractivity (Wildman–Crippen MR) is 82.9 cm³/mol. The van der Waals surface area contributed by atoms with Crippen molar-refractivity contribution in [3.63, 3.8) is 0 Å². The first-order valence-corrected chi connectivity index (χ1v) is 7.63. The van der Waals surface area contributed by atoms with Crippen LogP contribution in [0, 0.1) is 0 Å². The molecule has 1 aliphatic heterocycles. The molecule has 1 amide bonds. The van der Waals surface area contributed by atoms with E-state index in [4.69, 9.17) is 10.5 Å². The molecule has 2 rings (SSSR count). The van der Waals surface area contributed by atoms with Crippen molar-refractivity contribution in [2.45, 2.75) is 19.4 Å². The first kappa shape index (κ1) is 15.9. The van der Waals surface area contributed by atoms with Crippen LogP contribution in [0.5, 0.6) is 0 Å². The molecule has 0 saturated carbocycles. The van der Waals surface area contributed by atoms with Crippen molar-refractivity contribution in [2.24, 2.45) is 5.73 Å². The van der Waals surface area contributed by atoms with Gasteiger partial charge in [0.25, 0.3) is 0 Å². The molecule has 1 aromatic carbocycles. The van der Waals surface area contributed by atoms with Gasteiger partial charge in [-0.25, -0.2) is 0 Å². The van der Waals surface area contributed by atoms with Gasteiger partial charge in [0.1, 0.15) is 0 Å². The molecule has 0 bridgehead atoms. The van der Waals surface area contributed by atoms with Crippen LogP contribution in [-0.2, 0) is 22.5 Å². The van der Waals surface area contributed by atoms with E-state index in [1.807, 2.05) is 24.3 Å². The van der Waals surface area contributed by atoms with Gasteiger partial charge >= 0.3 is 0 Å². The Balaban J connectivity index is 1.65. The van der Waals surface area contributed by atoms with Gasteiger partial charge in [-0.1, -0.05) is 24.3 Å². The fourth-order valence-corrected chi connectivity index (χ4v) is 2.52. The van der Waals surface area contributed by atoms with Crippen molar-refractivity contribution in [1.29, 1.82) is 0 Å². The van der Waals surface area contributed by atoms with Gasteiger partial charge in [-0.3, -0.25) is 9.69 Å². The number of hydrogen-bond acceptors (Lipinski definition) is 4. The molecule has 1 heterocycles. The van der Waals surface area contributed by atoms with E-state index in [2.05, 4.69) is 10.2 Å². The Morgan fingerprint density at radius 2 is 1.95 bits per heavy atom. The highest BCUT2D eigenvalue weighted by Crippen LogP contribution is 2.08. The number of nitrogens with one attached hydrogen (secondary N) is 1. The Kier molecular flexibility index (Phi) is 6.66. The average Bonchev–Trinajstić information content (AvgIpc) is 2.53. The largest absolute Gasteiger partial charge is 0.379 e. The van der Waals surface area contributed by atoms with Crippen LogP contribution in [-0.4, -0.2) is 50.2 Å². The molecule has 116 valence electrons. The summed E-state index contributed by atoms with van der Waals surface area (Å²) >= 11 is 0. The third-order valence-electron chi connectivity index (χ3n) is 3.77. The molecule has 21 heavy (non-hydrogen) atoms. The summed E-state index contributed by atoms with van der Waals surface area (Å²) < 4.78 is 5.31. The van der Waals surface area contributed by atoms with Crippen LogP contribution in [0.4, 0.5) is 0 Å². The fourth-order valence-electron chi connectivity index (χ4n) is 2.52. The second-order valence-electron chi connectivity index (χ2n) is 5.31. The Hall–Kier alpha value is -1.43. The van der Waals surface area contributed by atoms with E-state index >= 15 is 0 Å². The molecule has 3 N–H and O–H groups in total. The van der Waals surface area contributed by atoms with E-state index in [9.17, 15) is 4.79 Å². The minimum Gasteiger partial charge on any atom is -0.379 e. The van der Waals surface area contributed by atoms with Crippen LogP contribution in [0.3, 0.4) is 0 Å². The summed E-state index contributed by atoms with van der Waals surface area (Å²) in [7, 11) is 0. The molecule has 0 aliphatic carbocycles. The molecular weight excluding hydrogens is 266 g/mol. The number of amides is 1. The summed E-state index contributed by atoms with van der Waals surface area (Å²) in [6.07, 6.45) is 1.38. The summed E-state index contributed by atoms with van der Waals surface area (Å²) in [5, 5.41) is 2.98. The van der Waals surface area contributed by atoms with Gasteiger partial charge in [-0.2, -0.15) is 0 Å². The molecule has 1 aromatic rings. The lowest BCUT2D eigenvalue weighted by atomic mass is 10.0. The van der Waals surface area contributed by atoms with Crippen molar-refractivity contribution < 1.29 is 9.53 Å². The van der Waals surface area contributed by atoms with Crippen molar-refractivity contribution in [2.75, 3.05) is 39.4 Å². The van der Waals surface area contributed by atoms with Gasteiger partial charge in [0, 0.05) is 26.2 Å². The standard InChI is InChI=1S/C16H25N3O2/c17-13-15-5-2-1-4-14(15)12-16(20)18-6-3-7-19-8-10-21-11-9-19/h1-2,4-5H,3,6-13,17H2,(H,18,20). The molecule has 5 heteroatoms. The van der Waals surface area contributed by atoms with Crippen LogP contribution < -0.4 is 11.1 Å². The topological polar surface area (TPSA) is 67.6 Å². The van der Waals surface area contributed by atoms with Crippen LogP contribution in [0.1, 0.15) is 17.5 Å². The normalized spacial score (nSPS) is 15.9. The number of benzene rings is 1. The zero-order valence-corrected chi connectivity index (χ0v) is 12.5. The quantitative estimate of drug-likeness (QED) is 0.719. The average molecular weight is 291 g/mol. The molecular formula is C16H25N3O2. The Bertz CT molecular complexity index is 445. The van der Waals surface area contributed by atoms with Crippen molar-refractivity contribution in [3.8, 4) is 0 Å². The van der Waals surface area contributed by atoms with Crippen LogP contribution in [0.2, 0.25) is 0 Å². The summed E-state index contributed by atoms with van der Waals surface area (Å²) in [4.78, 5) is 14.3. The highest BCUT2D eigenvalue weighted by Gasteiger charge is 2.10. The number of carbonyl (C=O) groups is 1. The first-order chi connectivity index (χ1) is 10.3. The second-order valence-corrected chi connectivity index (χ2v) is 5.31. The predicted octanol–water partition coefficient (Wildman–Crippen LogP) is 0.526. The minimum absolute atomic E-state index is 0.0675. The SMILES string of the molecule is NCc1ccccc1CC(=O)NCCCN1CCOCC1. The van der Waals surface area contributed by atoms with Gasteiger partial charge in [0.05, 0.1) is 19.6 Å². The molecule has 1 aliphatic rings. The number of ether oxygens (including phenoxy) is 1. The van der Waals surface area contributed by atoms with E-state index in [-0.39, 0.29) is 5.91 Å². The monoisotopic (exact) mass is 291 g/mol. The van der Waals surface area contributed by atoms with Gasteiger partial charge in [-0.05, 0) is 24.1 Å². The fraction of sp³-hybridized carbons (Fsp3) is 0.562. The van der Waals surface area contributed by atoms with E-state index in [1.165, 1.54) is 0 Å². The minimum atomic E-state index is 0.0675. The van der Waals surface area contributed by atoms with E-state index in [0.29, 0.717) is 13.0 Å². The summed E-state index contributed by atoms with van der Waals surface area (Å²) in [6.45, 7) is 5.85. The Labute approximate surface area is 126 Å². The maximum atomic E-state index is 11.9. The molecule has 0 spiro atoms. The number of rotatable bonds is 7. The van der Waals surface area contributed by atoms with Gasteiger partial charge < -0.3 is 15.8 Å². The zero-order chi connectivity index (χ0) is 14.9. The number of nitrogens with two attached hydrogens (primary N) is 1. The highest BCUT2D eigenvalue weighted by molar-refractivity contribution is 5.78. The Morgan fingerprint density at radius 1 is 1.24 bits per heavy atom. The molecule has 1 saturated heterocycles. The molecule has 0 atom stereocenters. The van der Waals surface area contributed by atoms with Gasteiger partial charge in [0.15, 0.2) is 0 Å². The lowest BCUT2D eigenvalue weighted by Crippen LogP contribution is -2.38. The molecule has 0 aromatic heterocycles. The number of nitrogens with zero attached hydrogens (tertiary/aromatic N) is 1. The molecule has 0 unspecified atom stereocenters. The van der Waals surface area contributed by atoms with E-state index in [0.717, 1.165) is 56.9 Å². The summed E-state index contributed by atoms with van der Waals surface area (Å²) in [6, 6.07) is 7.84. The van der Waals surface area contributed by atoms with Crippen LogP contribution in [0.25, 0.3) is 0 Å². The van der Waals surface area contributed by atoms with Crippen molar-refractivity contribution >= 4 is 5.91 Å². The molecule has 5 nitrogen and oxygen atoms in total. The van der Waals surface area contributed by atoms with Gasteiger partial charge in [0.2, 0.25) is 5.91 Å². The number of hydrogen-bond donors (Lipinski definition) is 2.